The van der Waals surface area contributed by atoms with E-state index in [2.05, 4.69) is 4.74 Å². The molecule has 1 aliphatic rings. The number of aliphatic hydroxyl groups is 4. The zero-order chi connectivity index (χ0) is 22.1. The van der Waals surface area contributed by atoms with Crippen molar-refractivity contribution in [2.75, 3.05) is 13.2 Å². The summed E-state index contributed by atoms with van der Waals surface area (Å²) >= 11 is 0. The van der Waals surface area contributed by atoms with Gasteiger partial charge in [0.25, 0.3) is 0 Å². The minimum absolute atomic E-state index is 0.859. The largest absolute Gasteiger partial charge is 0.460 e. The molecule has 0 saturated carbocycles. The number of hydrogen-bond donors (Lipinski definition) is 4. The van der Waals surface area contributed by atoms with E-state index in [0.29, 0.717) is 0 Å². The van der Waals surface area contributed by atoms with Crippen LogP contribution in [0.4, 0.5) is 39.5 Å². The fourth-order valence-corrected chi connectivity index (χ4v) is 2.26. The quantitative estimate of drug-likeness (QED) is 0.333. The summed E-state index contributed by atoms with van der Waals surface area (Å²) in [6, 6.07) is 0. The Kier molecular flexibility index (Phi) is 7.62. The molecule has 6 nitrogen and oxygen atoms in total. The lowest BCUT2D eigenvalue weighted by molar-refractivity contribution is -0.397. The van der Waals surface area contributed by atoms with Crippen LogP contribution in [0.1, 0.15) is 12.8 Å². The second-order valence-corrected chi connectivity index (χ2v) is 6.02. The first kappa shape index (κ1) is 25.2. The van der Waals surface area contributed by atoms with E-state index in [1.165, 1.54) is 0 Å². The molecule has 0 amide bonds. The summed E-state index contributed by atoms with van der Waals surface area (Å²) < 4.78 is 124. The van der Waals surface area contributed by atoms with Gasteiger partial charge >= 0.3 is 23.9 Å². The van der Waals surface area contributed by atoms with Gasteiger partial charge in [-0.25, -0.2) is 0 Å². The third-order valence-electron chi connectivity index (χ3n) is 3.98. The fraction of sp³-hybridized carbons (Fsp3) is 1.00. The highest BCUT2D eigenvalue weighted by Gasteiger charge is 2.81. The molecule has 0 radical (unpaired) electrons. The molecule has 4 N–H and O–H groups in total. The molecular weight excluding hydrogens is 423 g/mol. The van der Waals surface area contributed by atoms with Crippen LogP contribution in [0.5, 0.6) is 0 Å². The van der Waals surface area contributed by atoms with E-state index < -0.39 is 80.7 Å². The number of halogens is 9. The van der Waals surface area contributed by atoms with Crippen LogP contribution in [0.2, 0.25) is 0 Å². The van der Waals surface area contributed by atoms with Crippen molar-refractivity contribution in [3.05, 3.63) is 0 Å². The maximum atomic E-state index is 13.3. The number of ether oxygens (including phenoxy) is 2. The van der Waals surface area contributed by atoms with Crippen molar-refractivity contribution in [2.45, 2.75) is 67.5 Å². The van der Waals surface area contributed by atoms with Crippen molar-refractivity contribution < 1.29 is 69.4 Å². The van der Waals surface area contributed by atoms with Gasteiger partial charge in [0, 0.05) is 6.42 Å². The SMILES string of the molecule is OC[C@H]1O[C@@H](OCCCC(F)(F)C(F)(F)C(F)(F)C(F)(F)F)[C@H](O)[C@@H](O)[C@@H]1O. The second kappa shape index (κ2) is 8.47. The van der Waals surface area contributed by atoms with E-state index in [4.69, 9.17) is 9.84 Å². The summed E-state index contributed by atoms with van der Waals surface area (Å²) in [6.07, 6.45) is -19.1. The molecule has 1 aliphatic heterocycles. The number of alkyl halides is 9. The summed E-state index contributed by atoms with van der Waals surface area (Å²) in [5.41, 5.74) is 0. The van der Waals surface area contributed by atoms with Gasteiger partial charge in [0.15, 0.2) is 6.29 Å². The van der Waals surface area contributed by atoms with Crippen LogP contribution >= 0.6 is 0 Å². The lowest BCUT2D eigenvalue weighted by Gasteiger charge is -2.39. The van der Waals surface area contributed by atoms with E-state index in [1.54, 1.807) is 0 Å². The average molecular weight is 440 g/mol. The van der Waals surface area contributed by atoms with Crippen LogP contribution in [-0.2, 0) is 9.47 Å². The highest BCUT2D eigenvalue weighted by Crippen LogP contribution is 2.54. The monoisotopic (exact) mass is 440 g/mol. The minimum atomic E-state index is -6.98. The topological polar surface area (TPSA) is 99.4 Å². The molecule has 0 bridgehead atoms. The number of aliphatic hydroxyl groups excluding tert-OH is 4. The molecule has 1 fully saturated rings. The number of hydrogen-bond acceptors (Lipinski definition) is 6. The average Bonchev–Trinajstić information content (AvgIpc) is 2.57. The van der Waals surface area contributed by atoms with Crippen LogP contribution in [0, 0.1) is 0 Å². The Morgan fingerprint density at radius 3 is 1.79 bits per heavy atom. The van der Waals surface area contributed by atoms with E-state index in [0.717, 1.165) is 0 Å². The molecule has 0 unspecified atom stereocenters. The predicted octanol–water partition coefficient (Wildman–Crippen LogP) is 1.05. The van der Waals surface area contributed by atoms with Crippen LogP contribution in [0.25, 0.3) is 0 Å². The van der Waals surface area contributed by atoms with Gasteiger partial charge in [-0.3, -0.25) is 0 Å². The number of rotatable bonds is 8. The summed E-state index contributed by atoms with van der Waals surface area (Å²) in [4.78, 5) is 0. The molecule has 0 aromatic heterocycles. The Morgan fingerprint density at radius 2 is 1.32 bits per heavy atom. The zero-order valence-corrected chi connectivity index (χ0v) is 13.7. The van der Waals surface area contributed by atoms with E-state index in [9.17, 15) is 54.8 Å². The molecule has 1 rings (SSSR count). The van der Waals surface area contributed by atoms with E-state index in [1.807, 2.05) is 0 Å². The second-order valence-electron chi connectivity index (χ2n) is 6.02. The summed E-state index contributed by atoms with van der Waals surface area (Å²) in [6.45, 7) is -1.84. The maximum absolute atomic E-state index is 13.3. The molecule has 168 valence electrons. The summed E-state index contributed by atoms with van der Waals surface area (Å²) in [5, 5.41) is 37.4. The molecule has 0 aliphatic carbocycles. The predicted molar refractivity (Wildman–Crippen MR) is 69.8 cm³/mol. The Morgan fingerprint density at radius 1 is 0.786 bits per heavy atom. The molecule has 0 aromatic carbocycles. The van der Waals surface area contributed by atoms with Gasteiger partial charge in [0.2, 0.25) is 0 Å². The molecule has 0 aromatic rings. The van der Waals surface area contributed by atoms with Crippen LogP contribution < -0.4 is 0 Å². The molecule has 0 spiro atoms. The molecule has 5 atom stereocenters. The highest BCUT2D eigenvalue weighted by molar-refractivity contribution is 5.00. The minimum Gasteiger partial charge on any atom is -0.394 e. The first-order valence-corrected chi connectivity index (χ1v) is 7.63. The maximum Gasteiger partial charge on any atom is 0.460 e. The zero-order valence-electron chi connectivity index (χ0n) is 13.7. The molecule has 1 heterocycles. The fourth-order valence-electron chi connectivity index (χ4n) is 2.26. The van der Waals surface area contributed by atoms with Crippen LogP contribution in [0.3, 0.4) is 0 Å². The Balaban J connectivity index is 2.67. The van der Waals surface area contributed by atoms with Gasteiger partial charge < -0.3 is 29.9 Å². The van der Waals surface area contributed by atoms with Crippen molar-refractivity contribution in [2.24, 2.45) is 0 Å². The van der Waals surface area contributed by atoms with Crippen molar-refractivity contribution in [1.29, 1.82) is 0 Å². The lowest BCUT2D eigenvalue weighted by Crippen LogP contribution is -2.61. The van der Waals surface area contributed by atoms with Crippen molar-refractivity contribution in [3.63, 3.8) is 0 Å². The van der Waals surface area contributed by atoms with Crippen molar-refractivity contribution in [3.8, 4) is 0 Å². The van der Waals surface area contributed by atoms with Crippen molar-refractivity contribution >= 4 is 0 Å². The normalized spacial score (nSPS) is 30.5. The van der Waals surface area contributed by atoms with E-state index >= 15 is 0 Å². The van der Waals surface area contributed by atoms with Gasteiger partial charge in [-0.05, 0) is 6.42 Å². The van der Waals surface area contributed by atoms with E-state index in [-0.39, 0.29) is 0 Å². The first-order chi connectivity index (χ1) is 12.5. The smallest absolute Gasteiger partial charge is 0.394 e. The molecule has 28 heavy (non-hydrogen) atoms. The van der Waals surface area contributed by atoms with Gasteiger partial charge in [0.1, 0.15) is 24.4 Å². The summed E-state index contributed by atoms with van der Waals surface area (Å²) in [5.74, 6) is -19.5. The highest BCUT2D eigenvalue weighted by atomic mass is 19.4. The third kappa shape index (κ3) is 4.64. The van der Waals surface area contributed by atoms with Gasteiger partial charge in [-0.1, -0.05) is 0 Å². The van der Waals surface area contributed by atoms with Gasteiger partial charge in [-0.15, -0.1) is 0 Å². The summed E-state index contributed by atoms with van der Waals surface area (Å²) in [7, 11) is 0. The Hall–Kier alpha value is -0.870. The first-order valence-electron chi connectivity index (χ1n) is 7.63. The third-order valence-corrected chi connectivity index (χ3v) is 3.98. The molecule has 15 heteroatoms. The molecule has 1 saturated heterocycles. The van der Waals surface area contributed by atoms with Crippen LogP contribution in [-0.4, -0.2) is 88.3 Å². The van der Waals surface area contributed by atoms with Crippen molar-refractivity contribution in [1.82, 2.24) is 0 Å². The van der Waals surface area contributed by atoms with Crippen LogP contribution in [0.15, 0.2) is 0 Å². The Labute approximate surface area is 151 Å². The Bertz CT molecular complexity index is 513. The molecular formula is C13H17F9O6. The van der Waals surface area contributed by atoms with Gasteiger partial charge in [-0.2, -0.15) is 39.5 Å². The lowest BCUT2D eigenvalue weighted by atomic mass is 9.99. The van der Waals surface area contributed by atoms with Gasteiger partial charge in [0.05, 0.1) is 13.2 Å². The standard InChI is InChI=1S/C13H17F9O6/c14-10(15,11(16,17)12(18,19)13(20,21)22)2-1-3-27-9-8(26)7(25)6(24)5(4-23)28-9/h5-9,23-26H,1-4H2/t5-,6-,7+,8-,9-/m1/s1.